The molecule has 1 rings (SSSR count). The standard InChI is InChI=1S/C9H19NOS/c1-12-7-3-6-10-9(8-11)4-2-5-9/h10-11H,2-8H2,1H3. The van der Waals surface area contributed by atoms with Crippen LogP contribution in [0.2, 0.25) is 0 Å². The molecule has 1 aliphatic carbocycles. The predicted octanol–water partition coefficient (Wildman–Crippen LogP) is 1.24. The zero-order chi connectivity index (χ0) is 8.86. The molecule has 72 valence electrons. The van der Waals surface area contributed by atoms with Gasteiger partial charge >= 0.3 is 0 Å². The van der Waals surface area contributed by atoms with Gasteiger partial charge in [0.1, 0.15) is 0 Å². The first-order valence-corrected chi connectivity index (χ1v) is 6.07. The second kappa shape index (κ2) is 5.10. The molecular weight excluding hydrogens is 170 g/mol. The van der Waals surface area contributed by atoms with Crippen LogP contribution >= 0.6 is 11.8 Å². The number of hydrogen-bond acceptors (Lipinski definition) is 3. The van der Waals surface area contributed by atoms with E-state index in [9.17, 15) is 0 Å². The van der Waals surface area contributed by atoms with Gasteiger partial charge in [-0.25, -0.2) is 0 Å². The van der Waals surface area contributed by atoms with Crippen molar-refractivity contribution in [3.8, 4) is 0 Å². The lowest BCUT2D eigenvalue weighted by atomic mass is 9.77. The summed E-state index contributed by atoms with van der Waals surface area (Å²) in [5.41, 5.74) is 0.110. The van der Waals surface area contributed by atoms with Crippen LogP contribution < -0.4 is 5.32 Å². The summed E-state index contributed by atoms with van der Waals surface area (Å²) in [4.78, 5) is 0. The molecule has 0 saturated heterocycles. The van der Waals surface area contributed by atoms with Gasteiger partial charge in [0.2, 0.25) is 0 Å². The van der Waals surface area contributed by atoms with E-state index < -0.39 is 0 Å². The first-order chi connectivity index (χ1) is 5.83. The zero-order valence-electron chi connectivity index (χ0n) is 7.81. The molecule has 0 unspecified atom stereocenters. The van der Waals surface area contributed by atoms with E-state index in [4.69, 9.17) is 5.11 Å². The van der Waals surface area contributed by atoms with Crippen molar-refractivity contribution >= 4 is 11.8 Å². The molecule has 0 aromatic carbocycles. The number of aliphatic hydroxyl groups is 1. The maximum absolute atomic E-state index is 9.13. The average Bonchev–Trinajstić information content (AvgIpc) is 2.02. The molecule has 0 amide bonds. The highest BCUT2D eigenvalue weighted by molar-refractivity contribution is 7.98. The van der Waals surface area contributed by atoms with Crippen molar-refractivity contribution in [2.75, 3.05) is 25.2 Å². The molecule has 2 N–H and O–H groups in total. The summed E-state index contributed by atoms with van der Waals surface area (Å²) in [7, 11) is 0. The topological polar surface area (TPSA) is 32.3 Å². The Morgan fingerprint density at radius 1 is 1.50 bits per heavy atom. The third kappa shape index (κ3) is 2.64. The molecule has 0 spiro atoms. The van der Waals surface area contributed by atoms with Crippen LogP contribution in [0.4, 0.5) is 0 Å². The van der Waals surface area contributed by atoms with E-state index in [1.807, 2.05) is 11.8 Å². The minimum absolute atomic E-state index is 0.110. The van der Waals surface area contributed by atoms with Crippen molar-refractivity contribution in [3.63, 3.8) is 0 Å². The molecule has 1 saturated carbocycles. The maximum atomic E-state index is 9.13. The molecule has 1 fully saturated rings. The molecule has 0 radical (unpaired) electrons. The first-order valence-electron chi connectivity index (χ1n) is 4.68. The van der Waals surface area contributed by atoms with Gasteiger partial charge < -0.3 is 10.4 Å². The van der Waals surface area contributed by atoms with Gasteiger partial charge in [-0.2, -0.15) is 11.8 Å². The predicted molar refractivity (Wildman–Crippen MR) is 54.7 cm³/mol. The highest BCUT2D eigenvalue weighted by atomic mass is 32.2. The van der Waals surface area contributed by atoms with Gasteiger partial charge in [0.25, 0.3) is 0 Å². The van der Waals surface area contributed by atoms with Crippen LogP contribution in [0.15, 0.2) is 0 Å². The third-order valence-corrected chi connectivity index (χ3v) is 3.34. The van der Waals surface area contributed by atoms with Crippen LogP contribution in [0.1, 0.15) is 25.7 Å². The third-order valence-electron chi connectivity index (χ3n) is 2.64. The lowest BCUT2D eigenvalue weighted by Crippen LogP contribution is -2.54. The van der Waals surface area contributed by atoms with Gasteiger partial charge in [-0.3, -0.25) is 0 Å². The second-order valence-electron chi connectivity index (χ2n) is 3.57. The van der Waals surface area contributed by atoms with E-state index in [1.54, 1.807) is 0 Å². The largest absolute Gasteiger partial charge is 0.394 e. The second-order valence-corrected chi connectivity index (χ2v) is 4.55. The highest BCUT2D eigenvalue weighted by Gasteiger charge is 2.35. The molecule has 3 heteroatoms. The number of hydrogen-bond donors (Lipinski definition) is 2. The highest BCUT2D eigenvalue weighted by Crippen LogP contribution is 2.30. The minimum atomic E-state index is 0.110. The Balaban J connectivity index is 2.04. The van der Waals surface area contributed by atoms with Gasteiger partial charge in [-0.05, 0) is 44.2 Å². The molecule has 2 nitrogen and oxygen atoms in total. The van der Waals surface area contributed by atoms with Crippen LogP contribution in [0.5, 0.6) is 0 Å². The van der Waals surface area contributed by atoms with Crippen LogP contribution in [0, 0.1) is 0 Å². The Kier molecular flexibility index (Phi) is 4.40. The van der Waals surface area contributed by atoms with Crippen molar-refractivity contribution < 1.29 is 5.11 Å². The average molecular weight is 189 g/mol. The SMILES string of the molecule is CSCCCNC1(CO)CCC1. The van der Waals surface area contributed by atoms with E-state index in [1.165, 1.54) is 18.6 Å². The van der Waals surface area contributed by atoms with E-state index >= 15 is 0 Å². The quantitative estimate of drug-likeness (QED) is 0.617. The van der Waals surface area contributed by atoms with E-state index in [0.717, 1.165) is 19.4 Å². The normalized spacial score (nSPS) is 20.5. The molecule has 0 aliphatic heterocycles. The summed E-state index contributed by atoms with van der Waals surface area (Å²) in [6, 6.07) is 0. The summed E-state index contributed by atoms with van der Waals surface area (Å²) in [5, 5.41) is 12.6. The number of nitrogens with one attached hydrogen (secondary N) is 1. The van der Waals surface area contributed by atoms with Gasteiger partial charge in [0.05, 0.1) is 6.61 Å². The molecule has 0 aromatic heterocycles. The first kappa shape index (κ1) is 10.4. The smallest absolute Gasteiger partial charge is 0.0613 e. The van der Waals surface area contributed by atoms with Crippen LogP contribution in [0.25, 0.3) is 0 Å². The van der Waals surface area contributed by atoms with Gasteiger partial charge in [0.15, 0.2) is 0 Å². The van der Waals surface area contributed by atoms with E-state index in [0.29, 0.717) is 6.61 Å². The van der Waals surface area contributed by atoms with Crippen molar-refractivity contribution in [1.29, 1.82) is 0 Å². The molecule has 0 atom stereocenters. The fraction of sp³-hybridized carbons (Fsp3) is 1.00. The molecule has 0 bridgehead atoms. The molecule has 12 heavy (non-hydrogen) atoms. The summed E-state index contributed by atoms with van der Waals surface area (Å²) in [6.45, 7) is 1.37. The minimum Gasteiger partial charge on any atom is -0.394 e. The monoisotopic (exact) mass is 189 g/mol. The Bertz CT molecular complexity index is 120. The van der Waals surface area contributed by atoms with Crippen molar-refractivity contribution in [3.05, 3.63) is 0 Å². The zero-order valence-corrected chi connectivity index (χ0v) is 8.62. The summed E-state index contributed by atoms with van der Waals surface area (Å²) in [5.74, 6) is 1.22. The Hall–Kier alpha value is 0.270. The van der Waals surface area contributed by atoms with Crippen LogP contribution in [-0.4, -0.2) is 35.8 Å². The van der Waals surface area contributed by atoms with E-state index in [-0.39, 0.29) is 5.54 Å². The fourth-order valence-corrected chi connectivity index (χ4v) is 2.00. The summed E-state index contributed by atoms with van der Waals surface area (Å²) in [6.07, 6.45) is 6.93. The summed E-state index contributed by atoms with van der Waals surface area (Å²) < 4.78 is 0. The van der Waals surface area contributed by atoms with Crippen LogP contribution in [0.3, 0.4) is 0 Å². The van der Waals surface area contributed by atoms with Gasteiger partial charge in [-0.15, -0.1) is 0 Å². The van der Waals surface area contributed by atoms with Crippen molar-refractivity contribution in [2.45, 2.75) is 31.2 Å². The Labute approximate surface area is 79.1 Å². The van der Waals surface area contributed by atoms with Gasteiger partial charge in [-0.1, -0.05) is 0 Å². The Morgan fingerprint density at radius 2 is 2.25 bits per heavy atom. The molecule has 0 aromatic rings. The Morgan fingerprint density at radius 3 is 2.67 bits per heavy atom. The molecular formula is C9H19NOS. The molecule has 0 heterocycles. The summed E-state index contributed by atoms with van der Waals surface area (Å²) >= 11 is 1.88. The lowest BCUT2D eigenvalue weighted by molar-refractivity contribution is 0.0893. The van der Waals surface area contributed by atoms with Crippen molar-refractivity contribution in [2.24, 2.45) is 0 Å². The van der Waals surface area contributed by atoms with Crippen LogP contribution in [-0.2, 0) is 0 Å². The molecule has 1 aliphatic rings. The maximum Gasteiger partial charge on any atom is 0.0613 e. The lowest BCUT2D eigenvalue weighted by Gasteiger charge is -2.41. The fourth-order valence-electron chi connectivity index (χ4n) is 1.56. The van der Waals surface area contributed by atoms with Crippen molar-refractivity contribution in [1.82, 2.24) is 5.32 Å². The van der Waals surface area contributed by atoms with Gasteiger partial charge in [0, 0.05) is 5.54 Å². The number of thioether (sulfide) groups is 1. The number of rotatable bonds is 6. The van der Waals surface area contributed by atoms with E-state index in [2.05, 4.69) is 11.6 Å². The number of aliphatic hydroxyl groups excluding tert-OH is 1.